The Kier molecular flexibility index (Phi) is 4.28. The van der Waals surface area contributed by atoms with Crippen LogP contribution in [-0.2, 0) is 0 Å². The summed E-state index contributed by atoms with van der Waals surface area (Å²) in [7, 11) is 0. The summed E-state index contributed by atoms with van der Waals surface area (Å²) in [4.78, 5) is 7.49. The van der Waals surface area contributed by atoms with E-state index in [9.17, 15) is 17.6 Å². The molecule has 1 aromatic heterocycles. The van der Waals surface area contributed by atoms with Crippen molar-refractivity contribution in [3.05, 3.63) is 71.9 Å². The van der Waals surface area contributed by atoms with Crippen molar-refractivity contribution in [2.75, 3.05) is 0 Å². The summed E-state index contributed by atoms with van der Waals surface area (Å²) in [6.07, 6.45) is 1.20. The highest BCUT2D eigenvalue weighted by Gasteiger charge is 2.13. The Bertz CT molecular complexity index is 821. The van der Waals surface area contributed by atoms with Gasteiger partial charge in [-0.1, -0.05) is 12.1 Å². The van der Waals surface area contributed by atoms with E-state index in [1.54, 1.807) is 0 Å². The van der Waals surface area contributed by atoms with Gasteiger partial charge in [0.25, 0.3) is 0 Å². The number of nitrogens with zero attached hydrogens (tertiary/aromatic N) is 2. The second kappa shape index (κ2) is 6.53. The van der Waals surface area contributed by atoms with Gasteiger partial charge in [0.15, 0.2) is 23.1 Å². The van der Waals surface area contributed by atoms with Gasteiger partial charge in [-0.3, -0.25) is 0 Å². The lowest BCUT2D eigenvalue weighted by Gasteiger charge is -2.08. The highest BCUT2D eigenvalue weighted by atomic mass is 19.2. The molecule has 0 amide bonds. The van der Waals surface area contributed by atoms with Crippen LogP contribution in [-0.4, -0.2) is 9.97 Å². The number of hydrogen-bond donors (Lipinski definition) is 0. The maximum absolute atomic E-state index is 13.6. The molecule has 0 spiro atoms. The Morgan fingerprint density at radius 2 is 1.29 bits per heavy atom. The molecule has 0 aliphatic heterocycles. The SMILES string of the molecule is Fc1cccc(Oc2ccnc(Oc3cccc(F)c3F)n2)c1F. The van der Waals surface area contributed by atoms with Crippen LogP contribution >= 0.6 is 0 Å². The smallest absolute Gasteiger partial charge is 0.325 e. The van der Waals surface area contributed by atoms with E-state index in [1.807, 2.05) is 0 Å². The Balaban J connectivity index is 1.84. The molecule has 3 aromatic rings. The molecular formula is C16H8F4N2O2. The molecule has 0 bridgehead atoms. The van der Waals surface area contributed by atoms with Crippen molar-refractivity contribution in [2.45, 2.75) is 0 Å². The molecule has 0 aliphatic rings. The third kappa shape index (κ3) is 3.27. The summed E-state index contributed by atoms with van der Waals surface area (Å²) in [5.74, 6) is -5.55. The predicted octanol–water partition coefficient (Wildman–Crippen LogP) is 4.62. The molecule has 0 fully saturated rings. The van der Waals surface area contributed by atoms with Crippen LogP contribution in [0, 0.1) is 23.3 Å². The molecule has 8 heteroatoms. The molecule has 0 saturated heterocycles. The second-order valence-electron chi connectivity index (χ2n) is 4.49. The average Bonchev–Trinajstić information content (AvgIpc) is 2.57. The summed E-state index contributed by atoms with van der Waals surface area (Å²) in [6.45, 7) is 0. The van der Waals surface area contributed by atoms with Crippen LogP contribution in [0.5, 0.6) is 23.4 Å². The monoisotopic (exact) mass is 336 g/mol. The maximum atomic E-state index is 13.6. The minimum absolute atomic E-state index is 0.165. The standard InChI is InChI=1S/C16H8F4N2O2/c17-9-3-1-5-11(14(9)19)23-13-7-8-21-16(22-13)24-12-6-2-4-10(18)15(12)20/h1-8H. The lowest BCUT2D eigenvalue weighted by atomic mass is 10.3. The third-order valence-electron chi connectivity index (χ3n) is 2.86. The summed E-state index contributed by atoms with van der Waals surface area (Å²) >= 11 is 0. The van der Waals surface area contributed by atoms with Crippen LogP contribution in [0.4, 0.5) is 17.6 Å². The van der Waals surface area contributed by atoms with Crippen LogP contribution < -0.4 is 9.47 Å². The van der Waals surface area contributed by atoms with Crippen molar-refractivity contribution < 1.29 is 27.0 Å². The van der Waals surface area contributed by atoms with Crippen LogP contribution in [0.25, 0.3) is 0 Å². The molecule has 2 aromatic carbocycles. The van der Waals surface area contributed by atoms with Gasteiger partial charge in [0.05, 0.1) is 0 Å². The quantitative estimate of drug-likeness (QED) is 0.652. The maximum Gasteiger partial charge on any atom is 0.325 e. The second-order valence-corrected chi connectivity index (χ2v) is 4.49. The number of benzene rings is 2. The summed E-state index contributed by atoms with van der Waals surface area (Å²) < 4.78 is 63.5. The number of ether oxygens (including phenoxy) is 2. The first-order valence-electron chi connectivity index (χ1n) is 6.61. The number of rotatable bonds is 4. The Morgan fingerprint density at radius 1 is 0.708 bits per heavy atom. The molecule has 0 unspecified atom stereocenters. The fourth-order valence-electron chi connectivity index (χ4n) is 1.77. The molecule has 24 heavy (non-hydrogen) atoms. The number of halogens is 4. The van der Waals surface area contributed by atoms with E-state index in [1.165, 1.54) is 36.5 Å². The minimum Gasteiger partial charge on any atom is -0.436 e. The third-order valence-corrected chi connectivity index (χ3v) is 2.86. The van der Waals surface area contributed by atoms with Crippen LogP contribution in [0.1, 0.15) is 0 Å². The van der Waals surface area contributed by atoms with E-state index in [4.69, 9.17) is 9.47 Å². The predicted molar refractivity (Wildman–Crippen MR) is 74.9 cm³/mol. The largest absolute Gasteiger partial charge is 0.436 e. The van der Waals surface area contributed by atoms with Crippen LogP contribution in [0.3, 0.4) is 0 Å². The normalized spacial score (nSPS) is 10.5. The molecule has 0 aliphatic carbocycles. The number of aromatic nitrogens is 2. The van der Waals surface area contributed by atoms with Crippen molar-refractivity contribution in [2.24, 2.45) is 0 Å². The molecule has 122 valence electrons. The Morgan fingerprint density at radius 3 is 1.92 bits per heavy atom. The Labute approximate surface area is 133 Å². The summed E-state index contributed by atoms with van der Waals surface area (Å²) in [6, 6.07) is 7.66. The molecule has 0 atom stereocenters. The van der Waals surface area contributed by atoms with E-state index in [0.717, 1.165) is 12.1 Å². The van der Waals surface area contributed by atoms with Gasteiger partial charge in [0, 0.05) is 12.3 Å². The number of hydrogen-bond acceptors (Lipinski definition) is 4. The van der Waals surface area contributed by atoms with Crippen molar-refractivity contribution in [3.8, 4) is 23.4 Å². The topological polar surface area (TPSA) is 44.2 Å². The van der Waals surface area contributed by atoms with Crippen LogP contribution in [0.2, 0.25) is 0 Å². The van der Waals surface area contributed by atoms with Crippen molar-refractivity contribution >= 4 is 0 Å². The van der Waals surface area contributed by atoms with Gasteiger partial charge in [0.1, 0.15) is 0 Å². The molecule has 0 saturated carbocycles. The first-order chi connectivity index (χ1) is 11.5. The lowest BCUT2D eigenvalue weighted by Crippen LogP contribution is -1.98. The Hall–Kier alpha value is -3.16. The van der Waals surface area contributed by atoms with Gasteiger partial charge < -0.3 is 9.47 Å². The summed E-state index contributed by atoms with van der Waals surface area (Å²) in [5, 5.41) is 0. The van der Waals surface area contributed by atoms with Gasteiger partial charge in [-0.25, -0.2) is 13.8 Å². The molecule has 4 nitrogen and oxygen atoms in total. The molecule has 1 heterocycles. The lowest BCUT2D eigenvalue weighted by molar-refractivity contribution is 0.372. The fraction of sp³-hybridized carbons (Fsp3) is 0. The average molecular weight is 336 g/mol. The van der Waals surface area contributed by atoms with Crippen LogP contribution in [0.15, 0.2) is 48.7 Å². The van der Waals surface area contributed by atoms with E-state index in [0.29, 0.717) is 0 Å². The van der Waals surface area contributed by atoms with E-state index in [-0.39, 0.29) is 11.9 Å². The van der Waals surface area contributed by atoms with Crippen molar-refractivity contribution in [1.82, 2.24) is 9.97 Å². The fourth-order valence-corrected chi connectivity index (χ4v) is 1.77. The molecule has 3 rings (SSSR count). The van der Waals surface area contributed by atoms with Gasteiger partial charge in [0.2, 0.25) is 17.5 Å². The van der Waals surface area contributed by atoms with Gasteiger partial charge in [-0.05, 0) is 24.3 Å². The summed E-state index contributed by atoms with van der Waals surface area (Å²) in [5.41, 5.74) is 0. The van der Waals surface area contributed by atoms with Gasteiger partial charge in [-0.15, -0.1) is 0 Å². The first-order valence-corrected chi connectivity index (χ1v) is 6.61. The highest BCUT2D eigenvalue weighted by molar-refractivity contribution is 5.31. The highest BCUT2D eigenvalue weighted by Crippen LogP contribution is 2.27. The molecule has 0 radical (unpaired) electrons. The van der Waals surface area contributed by atoms with Gasteiger partial charge in [-0.2, -0.15) is 13.8 Å². The molecular weight excluding hydrogens is 328 g/mol. The van der Waals surface area contributed by atoms with Crippen molar-refractivity contribution in [3.63, 3.8) is 0 Å². The van der Waals surface area contributed by atoms with E-state index < -0.39 is 34.8 Å². The van der Waals surface area contributed by atoms with E-state index in [2.05, 4.69) is 9.97 Å². The zero-order valence-electron chi connectivity index (χ0n) is 11.8. The molecule has 0 N–H and O–H groups in total. The van der Waals surface area contributed by atoms with Gasteiger partial charge >= 0.3 is 6.01 Å². The van der Waals surface area contributed by atoms with E-state index >= 15 is 0 Å². The minimum atomic E-state index is -1.21. The zero-order valence-corrected chi connectivity index (χ0v) is 11.8. The zero-order chi connectivity index (χ0) is 17.1. The van der Waals surface area contributed by atoms with Crippen molar-refractivity contribution in [1.29, 1.82) is 0 Å². The first kappa shape index (κ1) is 15.7.